The normalized spacial score (nSPS) is 10.7. The average molecular weight is 287 g/mol. The van der Waals surface area contributed by atoms with Crippen LogP contribution in [-0.4, -0.2) is 21.1 Å². The standard InChI is InChI=1S/C15H21N5O/c1-4-10-19(16)14-17-13(5-2)20(15(21)18-14)12-9-7-6-8-11(12)3/h6-9H,4-5,10,16H2,1-3H3. The molecule has 0 fully saturated rings. The molecule has 0 aliphatic rings. The smallest absolute Gasteiger partial charge is 0.279 e. The second-order valence-electron chi connectivity index (χ2n) is 4.89. The Kier molecular flexibility index (Phi) is 4.70. The van der Waals surface area contributed by atoms with E-state index in [9.17, 15) is 4.79 Å². The quantitative estimate of drug-likeness (QED) is 0.667. The summed E-state index contributed by atoms with van der Waals surface area (Å²) in [6, 6.07) is 7.69. The maximum Gasteiger partial charge on any atom is 0.356 e. The van der Waals surface area contributed by atoms with Crippen molar-refractivity contribution in [3.05, 3.63) is 46.1 Å². The Hall–Kier alpha value is -2.21. The summed E-state index contributed by atoms with van der Waals surface area (Å²) in [4.78, 5) is 20.9. The number of hydrazine groups is 1. The zero-order valence-corrected chi connectivity index (χ0v) is 12.7. The first-order valence-corrected chi connectivity index (χ1v) is 7.16. The van der Waals surface area contributed by atoms with E-state index in [2.05, 4.69) is 9.97 Å². The lowest BCUT2D eigenvalue weighted by Crippen LogP contribution is -2.37. The Morgan fingerprint density at radius 1 is 1.24 bits per heavy atom. The molecule has 0 saturated carbocycles. The van der Waals surface area contributed by atoms with Crippen molar-refractivity contribution in [2.45, 2.75) is 33.6 Å². The number of nitrogens with two attached hydrogens (primary N) is 1. The fraction of sp³-hybridized carbons (Fsp3) is 0.400. The molecular weight excluding hydrogens is 266 g/mol. The van der Waals surface area contributed by atoms with Gasteiger partial charge in [0, 0.05) is 13.0 Å². The van der Waals surface area contributed by atoms with E-state index in [4.69, 9.17) is 5.84 Å². The Labute approximate surface area is 124 Å². The zero-order valence-electron chi connectivity index (χ0n) is 12.7. The number of hydrogen-bond acceptors (Lipinski definition) is 5. The molecular formula is C15H21N5O. The van der Waals surface area contributed by atoms with Crippen molar-refractivity contribution < 1.29 is 0 Å². The summed E-state index contributed by atoms with van der Waals surface area (Å²) in [5.41, 5.74) is 1.46. The monoisotopic (exact) mass is 287 g/mol. The fourth-order valence-electron chi connectivity index (χ4n) is 2.20. The summed E-state index contributed by atoms with van der Waals surface area (Å²) in [7, 11) is 0. The van der Waals surface area contributed by atoms with Crippen LogP contribution in [0, 0.1) is 6.92 Å². The maximum absolute atomic E-state index is 12.4. The summed E-state index contributed by atoms with van der Waals surface area (Å²) in [6.07, 6.45) is 1.49. The van der Waals surface area contributed by atoms with E-state index in [1.807, 2.05) is 45.0 Å². The maximum atomic E-state index is 12.4. The van der Waals surface area contributed by atoms with Crippen LogP contribution in [0.15, 0.2) is 29.1 Å². The Balaban J connectivity index is 2.59. The van der Waals surface area contributed by atoms with E-state index < -0.39 is 0 Å². The number of anilines is 1. The van der Waals surface area contributed by atoms with E-state index in [1.165, 1.54) is 5.01 Å². The molecule has 2 rings (SSSR count). The number of aromatic nitrogens is 3. The molecule has 6 heteroatoms. The topological polar surface area (TPSA) is 77.0 Å². The Morgan fingerprint density at radius 2 is 1.95 bits per heavy atom. The van der Waals surface area contributed by atoms with Crippen molar-refractivity contribution in [3.63, 3.8) is 0 Å². The molecule has 2 N–H and O–H groups in total. The van der Waals surface area contributed by atoms with Crippen LogP contribution in [0.1, 0.15) is 31.7 Å². The third-order valence-electron chi connectivity index (χ3n) is 3.27. The van der Waals surface area contributed by atoms with Gasteiger partial charge in [-0.1, -0.05) is 32.0 Å². The lowest BCUT2D eigenvalue weighted by Gasteiger charge is -2.18. The molecule has 0 bridgehead atoms. The molecule has 0 aliphatic heterocycles. The third-order valence-corrected chi connectivity index (χ3v) is 3.27. The average Bonchev–Trinajstić information content (AvgIpc) is 2.47. The second kappa shape index (κ2) is 6.49. The first kappa shape index (κ1) is 15.2. The van der Waals surface area contributed by atoms with Gasteiger partial charge in [0.25, 0.3) is 0 Å². The number of hydrogen-bond donors (Lipinski definition) is 1. The van der Waals surface area contributed by atoms with Crippen molar-refractivity contribution in [3.8, 4) is 5.69 Å². The van der Waals surface area contributed by atoms with Crippen molar-refractivity contribution in [2.24, 2.45) is 5.84 Å². The minimum Gasteiger partial charge on any atom is -0.279 e. The van der Waals surface area contributed by atoms with Gasteiger partial charge in [0.05, 0.1) is 5.69 Å². The summed E-state index contributed by atoms with van der Waals surface area (Å²) < 4.78 is 1.55. The van der Waals surface area contributed by atoms with E-state index in [0.29, 0.717) is 18.8 Å². The number of rotatable bonds is 5. The minimum absolute atomic E-state index is 0.281. The Bertz CT molecular complexity index is 680. The lowest BCUT2D eigenvalue weighted by atomic mass is 10.2. The van der Waals surface area contributed by atoms with Crippen LogP contribution in [0.25, 0.3) is 5.69 Å². The van der Waals surface area contributed by atoms with E-state index in [-0.39, 0.29) is 11.6 Å². The van der Waals surface area contributed by atoms with Crippen molar-refractivity contribution in [2.75, 3.05) is 11.6 Å². The minimum atomic E-state index is -0.349. The first-order valence-electron chi connectivity index (χ1n) is 7.16. The molecule has 21 heavy (non-hydrogen) atoms. The van der Waals surface area contributed by atoms with Gasteiger partial charge < -0.3 is 0 Å². The molecule has 112 valence electrons. The molecule has 2 aromatic rings. The van der Waals surface area contributed by atoms with Crippen LogP contribution in [0.3, 0.4) is 0 Å². The van der Waals surface area contributed by atoms with Gasteiger partial charge >= 0.3 is 5.69 Å². The number of aryl methyl sites for hydroxylation is 2. The lowest BCUT2D eigenvalue weighted by molar-refractivity contribution is 0.712. The van der Waals surface area contributed by atoms with Crippen molar-refractivity contribution >= 4 is 5.95 Å². The highest BCUT2D eigenvalue weighted by molar-refractivity contribution is 5.41. The van der Waals surface area contributed by atoms with E-state index in [0.717, 1.165) is 17.7 Å². The van der Waals surface area contributed by atoms with Crippen LogP contribution >= 0.6 is 0 Å². The van der Waals surface area contributed by atoms with Gasteiger partial charge in [-0.3, -0.25) is 5.01 Å². The second-order valence-corrected chi connectivity index (χ2v) is 4.89. The van der Waals surface area contributed by atoms with Crippen molar-refractivity contribution in [1.29, 1.82) is 0 Å². The van der Waals surface area contributed by atoms with Crippen LogP contribution in [-0.2, 0) is 6.42 Å². The molecule has 0 atom stereocenters. The first-order chi connectivity index (χ1) is 10.1. The fourth-order valence-corrected chi connectivity index (χ4v) is 2.20. The van der Waals surface area contributed by atoms with Crippen LogP contribution < -0.4 is 16.5 Å². The predicted molar refractivity (Wildman–Crippen MR) is 83.6 cm³/mol. The summed E-state index contributed by atoms with van der Waals surface area (Å²) in [5.74, 6) is 6.82. The molecule has 0 amide bonds. The summed E-state index contributed by atoms with van der Waals surface area (Å²) in [6.45, 7) is 6.54. The van der Waals surface area contributed by atoms with Gasteiger partial charge in [0.1, 0.15) is 5.82 Å². The molecule has 0 unspecified atom stereocenters. The zero-order chi connectivity index (χ0) is 15.4. The summed E-state index contributed by atoms with van der Waals surface area (Å²) >= 11 is 0. The predicted octanol–water partition coefficient (Wildman–Crippen LogP) is 1.59. The summed E-state index contributed by atoms with van der Waals surface area (Å²) in [5, 5.41) is 1.42. The third kappa shape index (κ3) is 3.11. The highest BCUT2D eigenvalue weighted by Crippen LogP contribution is 2.14. The molecule has 0 aliphatic carbocycles. The van der Waals surface area contributed by atoms with Crippen molar-refractivity contribution in [1.82, 2.24) is 14.5 Å². The SMILES string of the molecule is CCCN(N)c1nc(CC)n(-c2ccccc2C)c(=O)n1. The highest BCUT2D eigenvalue weighted by atomic mass is 16.1. The van der Waals surface area contributed by atoms with E-state index in [1.54, 1.807) is 4.57 Å². The number of nitrogens with zero attached hydrogens (tertiary/aromatic N) is 4. The molecule has 0 radical (unpaired) electrons. The highest BCUT2D eigenvalue weighted by Gasteiger charge is 2.14. The molecule has 0 saturated heterocycles. The Morgan fingerprint density at radius 3 is 2.57 bits per heavy atom. The largest absolute Gasteiger partial charge is 0.356 e. The van der Waals surface area contributed by atoms with Gasteiger partial charge in [-0.25, -0.2) is 15.2 Å². The van der Waals surface area contributed by atoms with Gasteiger partial charge in [0.2, 0.25) is 5.95 Å². The van der Waals surface area contributed by atoms with Crippen LogP contribution in [0.5, 0.6) is 0 Å². The molecule has 1 aromatic carbocycles. The van der Waals surface area contributed by atoms with Gasteiger partial charge in [-0.15, -0.1) is 0 Å². The molecule has 6 nitrogen and oxygen atoms in total. The number of benzene rings is 1. The number of para-hydroxylation sites is 1. The van der Waals surface area contributed by atoms with Gasteiger partial charge in [-0.2, -0.15) is 9.97 Å². The molecule has 1 heterocycles. The molecule has 1 aromatic heterocycles. The van der Waals surface area contributed by atoms with Crippen LogP contribution in [0.4, 0.5) is 5.95 Å². The van der Waals surface area contributed by atoms with Gasteiger partial charge in [-0.05, 0) is 25.0 Å². The van der Waals surface area contributed by atoms with E-state index >= 15 is 0 Å². The van der Waals surface area contributed by atoms with Gasteiger partial charge in [0.15, 0.2) is 0 Å². The molecule has 0 spiro atoms. The van der Waals surface area contributed by atoms with Crippen LogP contribution in [0.2, 0.25) is 0 Å².